The van der Waals surface area contributed by atoms with Gasteiger partial charge in [-0.15, -0.1) is 0 Å². The summed E-state index contributed by atoms with van der Waals surface area (Å²) in [5.74, 6) is 0.660. The minimum absolute atomic E-state index is 0.258. The lowest BCUT2D eigenvalue weighted by atomic mass is 9.99. The number of nitrogens with zero attached hydrogens (tertiary/aromatic N) is 1. The van der Waals surface area contributed by atoms with Crippen molar-refractivity contribution >= 4 is 5.91 Å². The van der Waals surface area contributed by atoms with Gasteiger partial charge in [0.15, 0.2) is 0 Å². The minimum atomic E-state index is 0.258. The van der Waals surface area contributed by atoms with Crippen molar-refractivity contribution in [2.45, 2.75) is 12.3 Å². The van der Waals surface area contributed by atoms with Crippen LogP contribution in [-0.2, 0) is 4.79 Å². The molecule has 0 bridgehead atoms. The van der Waals surface area contributed by atoms with Crippen LogP contribution in [0.4, 0.5) is 0 Å². The number of carbonyl (C=O) groups excluding carboxylic acids is 1. The van der Waals surface area contributed by atoms with Crippen molar-refractivity contribution in [1.29, 1.82) is 0 Å². The standard InChI is InChI=1S/C11H13NO/c1-12-8-10(7-11(12)13)9-5-3-2-4-6-9/h2-6,10H,7-8H2,1H3/t10-/m1/s1. The molecule has 2 heteroatoms. The van der Waals surface area contributed by atoms with Crippen LogP contribution in [0.15, 0.2) is 30.3 Å². The van der Waals surface area contributed by atoms with E-state index in [1.807, 2.05) is 25.2 Å². The number of rotatable bonds is 1. The Balaban J connectivity index is 2.17. The Bertz CT molecular complexity index is 307. The van der Waals surface area contributed by atoms with Gasteiger partial charge in [0.1, 0.15) is 0 Å². The van der Waals surface area contributed by atoms with Crippen molar-refractivity contribution in [3.05, 3.63) is 35.9 Å². The van der Waals surface area contributed by atoms with Crippen LogP contribution in [0.5, 0.6) is 0 Å². The fourth-order valence-corrected chi connectivity index (χ4v) is 1.81. The van der Waals surface area contributed by atoms with E-state index in [0.29, 0.717) is 12.3 Å². The van der Waals surface area contributed by atoms with Crippen LogP contribution in [0.25, 0.3) is 0 Å². The molecule has 0 spiro atoms. The van der Waals surface area contributed by atoms with Gasteiger partial charge >= 0.3 is 0 Å². The summed E-state index contributed by atoms with van der Waals surface area (Å²) in [4.78, 5) is 13.1. The lowest BCUT2D eigenvalue weighted by Crippen LogP contribution is -2.18. The van der Waals surface area contributed by atoms with E-state index in [1.54, 1.807) is 4.90 Å². The van der Waals surface area contributed by atoms with E-state index in [1.165, 1.54) is 5.56 Å². The summed E-state index contributed by atoms with van der Waals surface area (Å²) in [6, 6.07) is 10.2. The van der Waals surface area contributed by atoms with Gasteiger partial charge in [-0.25, -0.2) is 0 Å². The third kappa shape index (κ3) is 1.57. The zero-order valence-corrected chi connectivity index (χ0v) is 7.73. The van der Waals surface area contributed by atoms with Crippen LogP contribution in [0.1, 0.15) is 17.9 Å². The largest absolute Gasteiger partial charge is 0.345 e. The predicted molar refractivity (Wildman–Crippen MR) is 51.4 cm³/mol. The maximum atomic E-state index is 11.3. The highest BCUT2D eigenvalue weighted by Crippen LogP contribution is 2.26. The number of benzene rings is 1. The molecule has 1 saturated heterocycles. The Morgan fingerprint density at radius 1 is 1.31 bits per heavy atom. The van der Waals surface area contributed by atoms with Crippen LogP contribution >= 0.6 is 0 Å². The van der Waals surface area contributed by atoms with Gasteiger partial charge < -0.3 is 4.90 Å². The van der Waals surface area contributed by atoms with Crippen molar-refractivity contribution in [2.75, 3.05) is 13.6 Å². The van der Waals surface area contributed by atoms with Crippen LogP contribution in [-0.4, -0.2) is 24.4 Å². The average Bonchev–Trinajstić information content (AvgIpc) is 2.49. The van der Waals surface area contributed by atoms with Crippen LogP contribution in [0.2, 0.25) is 0 Å². The second-order valence-electron chi connectivity index (χ2n) is 3.59. The van der Waals surface area contributed by atoms with E-state index in [-0.39, 0.29) is 5.91 Å². The molecule has 1 aliphatic rings. The summed E-state index contributed by atoms with van der Waals surface area (Å²) in [5.41, 5.74) is 1.28. The second kappa shape index (κ2) is 3.21. The Kier molecular flexibility index (Phi) is 2.05. The number of likely N-dealkylation sites (tertiary alicyclic amines) is 1. The normalized spacial score (nSPS) is 22.4. The molecular formula is C11H13NO. The van der Waals surface area contributed by atoms with Crippen LogP contribution in [0.3, 0.4) is 0 Å². The quantitative estimate of drug-likeness (QED) is 0.635. The molecule has 0 aromatic heterocycles. The molecular weight excluding hydrogens is 162 g/mol. The maximum Gasteiger partial charge on any atom is 0.223 e. The first-order valence-electron chi connectivity index (χ1n) is 4.56. The number of hydrogen-bond donors (Lipinski definition) is 0. The fraction of sp³-hybridized carbons (Fsp3) is 0.364. The molecule has 13 heavy (non-hydrogen) atoms. The molecule has 0 aliphatic carbocycles. The van der Waals surface area contributed by atoms with Crippen molar-refractivity contribution < 1.29 is 4.79 Å². The monoisotopic (exact) mass is 175 g/mol. The highest BCUT2D eigenvalue weighted by Gasteiger charge is 2.27. The first-order valence-corrected chi connectivity index (χ1v) is 4.56. The number of likely N-dealkylation sites (N-methyl/N-ethyl adjacent to an activating group) is 1. The Morgan fingerprint density at radius 2 is 2.00 bits per heavy atom. The lowest BCUT2D eigenvalue weighted by molar-refractivity contribution is -0.126. The van der Waals surface area contributed by atoms with Crippen molar-refractivity contribution in [1.82, 2.24) is 4.90 Å². The van der Waals surface area contributed by atoms with E-state index in [2.05, 4.69) is 12.1 Å². The molecule has 0 N–H and O–H groups in total. The van der Waals surface area contributed by atoms with E-state index in [9.17, 15) is 4.79 Å². The number of amides is 1. The Labute approximate surface area is 78.2 Å². The molecule has 1 aliphatic heterocycles. The lowest BCUT2D eigenvalue weighted by Gasteiger charge is -2.09. The molecule has 1 amide bonds. The molecule has 1 heterocycles. The van der Waals surface area contributed by atoms with E-state index in [4.69, 9.17) is 0 Å². The maximum absolute atomic E-state index is 11.3. The molecule has 68 valence electrons. The SMILES string of the molecule is CN1C[C@H](c2ccccc2)CC1=O. The Morgan fingerprint density at radius 3 is 2.54 bits per heavy atom. The molecule has 1 fully saturated rings. The van der Waals surface area contributed by atoms with Gasteiger partial charge in [0, 0.05) is 25.9 Å². The van der Waals surface area contributed by atoms with Gasteiger partial charge in [0.05, 0.1) is 0 Å². The van der Waals surface area contributed by atoms with Gasteiger partial charge in [0.2, 0.25) is 5.91 Å². The minimum Gasteiger partial charge on any atom is -0.345 e. The molecule has 0 radical (unpaired) electrons. The highest BCUT2D eigenvalue weighted by atomic mass is 16.2. The molecule has 1 aromatic rings. The van der Waals surface area contributed by atoms with Crippen LogP contribution in [0, 0.1) is 0 Å². The summed E-state index contributed by atoms with van der Waals surface area (Å²) >= 11 is 0. The molecule has 2 rings (SSSR count). The van der Waals surface area contributed by atoms with Gasteiger partial charge in [-0.2, -0.15) is 0 Å². The number of carbonyl (C=O) groups is 1. The first kappa shape index (κ1) is 8.30. The summed E-state index contributed by atoms with van der Waals surface area (Å²) in [6.07, 6.45) is 0.667. The van der Waals surface area contributed by atoms with Gasteiger partial charge in [-0.05, 0) is 5.56 Å². The van der Waals surface area contributed by atoms with Crippen LogP contribution < -0.4 is 0 Å². The molecule has 2 nitrogen and oxygen atoms in total. The van der Waals surface area contributed by atoms with Gasteiger partial charge in [-0.1, -0.05) is 30.3 Å². The van der Waals surface area contributed by atoms with Gasteiger partial charge in [0.25, 0.3) is 0 Å². The molecule has 0 saturated carbocycles. The second-order valence-corrected chi connectivity index (χ2v) is 3.59. The first-order chi connectivity index (χ1) is 6.27. The predicted octanol–water partition coefficient (Wildman–Crippen LogP) is 1.63. The van der Waals surface area contributed by atoms with Crippen molar-refractivity contribution in [3.8, 4) is 0 Å². The third-order valence-corrected chi connectivity index (χ3v) is 2.61. The molecule has 0 unspecified atom stereocenters. The Hall–Kier alpha value is -1.31. The van der Waals surface area contributed by atoms with E-state index in [0.717, 1.165) is 6.54 Å². The summed E-state index contributed by atoms with van der Waals surface area (Å²) in [6.45, 7) is 0.864. The van der Waals surface area contributed by atoms with Gasteiger partial charge in [-0.3, -0.25) is 4.79 Å². The third-order valence-electron chi connectivity index (χ3n) is 2.61. The average molecular weight is 175 g/mol. The highest BCUT2D eigenvalue weighted by molar-refractivity contribution is 5.79. The number of hydrogen-bond acceptors (Lipinski definition) is 1. The fourth-order valence-electron chi connectivity index (χ4n) is 1.81. The summed E-state index contributed by atoms with van der Waals surface area (Å²) in [7, 11) is 1.87. The van der Waals surface area contributed by atoms with E-state index < -0.39 is 0 Å². The zero-order chi connectivity index (χ0) is 9.26. The molecule has 1 atom stereocenters. The smallest absolute Gasteiger partial charge is 0.223 e. The summed E-state index contributed by atoms with van der Waals surface area (Å²) in [5, 5.41) is 0. The van der Waals surface area contributed by atoms with Crippen molar-refractivity contribution in [3.63, 3.8) is 0 Å². The topological polar surface area (TPSA) is 20.3 Å². The zero-order valence-electron chi connectivity index (χ0n) is 7.73. The van der Waals surface area contributed by atoms with E-state index >= 15 is 0 Å². The summed E-state index contributed by atoms with van der Waals surface area (Å²) < 4.78 is 0. The molecule has 1 aromatic carbocycles. The van der Waals surface area contributed by atoms with Crippen molar-refractivity contribution in [2.24, 2.45) is 0 Å².